The first-order valence-electron chi connectivity index (χ1n) is 11.8. The summed E-state index contributed by atoms with van der Waals surface area (Å²) in [5.41, 5.74) is 1.54. The third-order valence-corrected chi connectivity index (χ3v) is 8.45. The summed E-state index contributed by atoms with van der Waals surface area (Å²) in [5.74, 6) is 2.67. The van der Waals surface area contributed by atoms with Crippen molar-refractivity contribution in [3.63, 3.8) is 0 Å². The van der Waals surface area contributed by atoms with Crippen LogP contribution in [-0.4, -0.2) is 52.8 Å². The van der Waals surface area contributed by atoms with Gasteiger partial charge in [0.15, 0.2) is 0 Å². The van der Waals surface area contributed by atoms with Gasteiger partial charge in [0.2, 0.25) is 0 Å². The van der Waals surface area contributed by atoms with Crippen LogP contribution < -0.4 is 20.7 Å². The highest BCUT2D eigenvalue weighted by atomic mass is 35.5. The van der Waals surface area contributed by atoms with Crippen LogP contribution in [0, 0.1) is 5.92 Å². The molecule has 0 saturated carbocycles. The van der Waals surface area contributed by atoms with E-state index in [1.807, 2.05) is 24.3 Å². The van der Waals surface area contributed by atoms with Gasteiger partial charge in [0.25, 0.3) is 5.56 Å². The topological polar surface area (TPSA) is 89.5 Å². The number of fused-ring (bicyclic) bond motifs is 6. The molecular weight excluding hydrogens is 559 g/mol. The average molecular weight is 586 g/mol. The number of pyridine rings is 1. The Labute approximate surface area is 234 Å². The molecule has 0 radical (unpaired) electrons. The smallest absolute Gasteiger partial charge is 0.328 e. The van der Waals surface area contributed by atoms with E-state index >= 15 is 0 Å². The Kier molecular flexibility index (Phi) is 8.40. The zero-order chi connectivity index (χ0) is 24.1. The van der Waals surface area contributed by atoms with Crippen LogP contribution in [-0.2, 0) is 6.54 Å². The van der Waals surface area contributed by atoms with Crippen LogP contribution in [0.5, 0.6) is 11.5 Å². The fourth-order valence-corrected chi connectivity index (χ4v) is 6.64. The Morgan fingerprint density at radius 3 is 2.78 bits per heavy atom. The van der Waals surface area contributed by atoms with Gasteiger partial charge in [0.1, 0.15) is 26.9 Å². The van der Waals surface area contributed by atoms with Gasteiger partial charge in [-0.3, -0.25) is 9.36 Å². The fraction of sp³-hybridized carbons (Fsp3) is 0.400. The minimum atomic E-state index is -0.406. The number of methoxy groups -OCH3 is 1. The van der Waals surface area contributed by atoms with Gasteiger partial charge in [0, 0.05) is 37.0 Å². The second-order valence-corrected chi connectivity index (χ2v) is 10.6. The van der Waals surface area contributed by atoms with Crippen molar-refractivity contribution in [2.24, 2.45) is 5.92 Å². The van der Waals surface area contributed by atoms with Crippen LogP contribution in [0.2, 0.25) is 5.15 Å². The van der Waals surface area contributed by atoms with Crippen LogP contribution in [0.15, 0.2) is 39.9 Å². The van der Waals surface area contributed by atoms with Crippen molar-refractivity contribution in [2.75, 3.05) is 33.4 Å². The lowest BCUT2D eigenvalue weighted by molar-refractivity contribution is 0.209. The molecule has 0 unspecified atom stereocenters. The van der Waals surface area contributed by atoms with Crippen molar-refractivity contribution >= 4 is 68.2 Å². The average Bonchev–Trinajstić information content (AvgIpc) is 3.44. The second kappa shape index (κ2) is 11.2. The summed E-state index contributed by atoms with van der Waals surface area (Å²) in [4.78, 5) is 35.3. The molecular formula is C25H27Cl3N4O4S. The summed E-state index contributed by atoms with van der Waals surface area (Å²) in [6, 6.07) is 9.50. The molecule has 1 fully saturated rings. The highest BCUT2D eigenvalue weighted by Crippen LogP contribution is 2.46. The summed E-state index contributed by atoms with van der Waals surface area (Å²) < 4.78 is 14.3. The van der Waals surface area contributed by atoms with E-state index in [2.05, 4.69) is 14.9 Å². The standard InChI is InChI=1S/C25H25ClN4O4S.2ClH/c1-33-16-5-4-6-17-20(16)15-12-29(11-14(15)13-34-17)9-2-3-10-30-24(31)23-22(28-25(30)32)21-18(35-23)7-8-19(26)27-21;;/h4-8,14-15H,2-3,9-13H2,1H3,(H,28,32);2*1H/t14-,15+;;/m1../s1. The highest BCUT2D eigenvalue weighted by molar-refractivity contribution is 7.25. The van der Waals surface area contributed by atoms with Gasteiger partial charge in [-0.05, 0) is 43.7 Å². The van der Waals surface area contributed by atoms with E-state index in [4.69, 9.17) is 21.1 Å². The molecule has 37 heavy (non-hydrogen) atoms. The summed E-state index contributed by atoms with van der Waals surface area (Å²) in [7, 11) is 1.71. The van der Waals surface area contributed by atoms with E-state index in [0.717, 1.165) is 55.3 Å². The van der Waals surface area contributed by atoms with E-state index in [1.54, 1.807) is 13.2 Å². The monoisotopic (exact) mass is 584 g/mol. The number of ether oxygens (including phenoxy) is 2. The molecule has 1 saturated heterocycles. The van der Waals surface area contributed by atoms with Gasteiger partial charge >= 0.3 is 5.69 Å². The molecule has 6 rings (SSSR count). The molecule has 5 heterocycles. The maximum atomic E-state index is 13.1. The van der Waals surface area contributed by atoms with E-state index in [1.165, 1.54) is 21.5 Å². The molecule has 3 aromatic heterocycles. The molecule has 2 aliphatic heterocycles. The first kappa shape index (κ1) is 27.7. The van der Waals surface area contributed by atoms with Crippen molar-refractivity contribution < 1.29 is 9.47 Å². The van der Waals surface area contributed by atoms with E-state index in [0.29, 0.717) is 39.3 Å². The molecule has 8 nitrogen and oxygen atoms in total. The molecule has 0 bridgehead atoms. The van der Waals surface area contributed by atoms with Crippen LogP contribution in [0.3, 0.4) is 0 Å². The summed E-state index contributed by atoms with van der Waals surface area (Å²) in [6.45, 7) is 3.96. The van der Waals surface area contributed by atoms with E-state index in [-0.39, 0.29) is 30.4 Å². The molecule has 1 aromatic carbocycles. The number of halogens is 3. The molecule has 2 aliphatic rings. The first-order chi connectivity index (χ1) is 17.0. The number of likely N-dealkylation sites (tertiary alicyclic amines) is 1. The molecule has 0 amide bonds. The minimum Gasteiger partial charge on any atom is -0.496 e. The van der Waals surface area contributed by atoms with Crippen LogP contribution in [0.1, 0.15) is 24.3 Å². The SMILES string of the molecule is COc1cccc2c1[C@H]1CN(CCCCn3c(=O)[nH]c4c(sc5ccc(Cl)nc54)c3=O)C[C@@H]1CO2.Cl.Cl. The number of nitrogens with zero attached hydrogens (tertiary/aromatic N) is 3. The predicted molar refractivity (Wildman–Crippen MR) is 152 cm³/mol. The Balaban J connectivity index is 0.00000160. The molecule has 2 atom stereocenters. The number of thiophene rings is 1. The number of aromatic nitrogens is 3. The lowest BCUT2D eigenvalue weighted by Gasteiger charge is -2.29. The van der Waals surface area contributed by atoms with Gasteiger partial charge in [0.05, 0.1) is 23.9 Å². The van der Waals surface area contributed by atoms with Crippen molar-refractivity contribution in [1.82, 2.24) is 19.4 Å². The predicted octanol–water partition coefficient (Wildman–Crippen LogP) is 4.69. The number of benzene rings is 1. The Hall–Kier alpha value is -2.30. The van der Waals surface area contributed by atoms with Gasteiger partial charge < -0.3 is 19.4 Å². The number of H-pyrrole nitrogens is 1. The largest absolute Gasteiger partial charge is 0.496 e. The normalized spacial score (nSPS) is 18.5. The Bertz CT molecular complexity index is 1540. The van der Waals surface area contributed by atoms with E-state index in [9.17, 15) is 9.59 Å². The van der Waals surface area contributed by atoms with Crippen molar-refractivity contribution in [2.45, 2.75) is 25.3 Å². The van der Waals surface area contributed by atoms with E-state index < -0.39 is 5.69 Å². The molecule has 4 aromatic rings. The number of unbranched alkanes of at least 4 members (excludes halogenated alkanes) is 1. The number of rotatable bonds is 6. The zero-order valence-corrected chi connectivity index (χ0v) is 23.3. The molecule has 198 valence electrons. The van der Waals surface area contributed by atoms with Crippen molar-refractivity contribution in [3.8, 4) is 11.5 Å². The minimum absolute atomic E-state index is 0. The molecule has 12 heteroatoms. The lowest BCUT2D eigenvalue weighted by atomic mass is 9.86. The highest BCUT2D eigenvalue weighted by Gasteiger charge is 2.40. The summed E-state index contributed by atoms with van der Waals surface area (Å²) >= 11 is 7.34. The summed E-state index contributed by atoms with van der Waals surface area (Å²) in [6.07, 6.45) is 1.64. The fourth-order valence-electron chi connectivity index (χ4n) is 5.45. The molecule has 0 aliphatic carbocycles. The number of hydrogen-bond acceptors (Lipinski definition) is 7. The maximum absolute atomic E-state index is 13.1. The third-order valence-electron chi connectivity index (χ3n) is 7.11. The first-order valence-corrected chi connectivity index (χ1v) is 13.0. The number of nitrogens with one attached hydrogen (secondary N) is 1. The van der Waals surface area contributed by atoms with Crippen LogP contribution in [0.25, 0.3) is 20.4 Å². The quantitative estimate of drug-likeness (QED) is 0.261. The van der Waals surface area contributed by atoms with Crippen molar-refractivity contribution in [1.29, 1.82) is 0 Å². The maximum Gasteiger partial charge on any atom is 0.328 e. The van der Waals surface area contributed by atoms with Gasteiger partial charge in [-0.2, -0.15) is 0 Å². The third kappa shape index (κ3) is 4.95. The van der Waals surface area contributed by atoms with Crippen LogP contribution in [0.4, 0.5) is 0 Å². The second-order valence-electron chi connectivity index (χ2n) is 9.19. The number of hydrogen-bond donors (Lipinski definition) is 1. The zero-order valence-electron chi connectivity index (χ0n) is 20.1. The number of aromatic amines is 1. The Morgan fingerprint density at radius 1 is 1.16 bits per heavy atom. The van der Waals surface area contributed by atoms with Gasteiger partial charge in [-0.25, -0.2) is 9.78 Å². The van der Waals surface area contributed by atoms with Crippen LogP contribution >= 0.6 is 47.8 Å². The van der Waals surface area contributed by atoms with Gasteiger partial charge in [-0.15, -0.1) is 36.2 Å². The lowest BCUT2D eigenvalue weighted by Crippen LogP contribution is -2.34. The molecule has 0 spiro atoms. The Morgan fingerprint density at radius 2 is 1.97 bits per heavy atom. The van der Waals surface area contributed by atoms with Gasteiger partial charge in [-0.1, -0.05) is 17.7 Å². The van der Waals surface area contributed by atoms with Crippen molar-refractivity contribution in [3.05, 3.63) is 61.9 Å². The molecule has 1 N–H and O–H groups in total. The summed E-state index contributed by atoms with van der Waals surface area (Å²) in [5, 5.41) is 0.331.